The van der Waals surface area contributed by atoms with E-state index in [0.717, 1.165) is 26.2 Å². The third-order valence-corrected chi connectivity index (χ3v) is 2.00. The van der Waals surface area contributed by atoms with E-state index in [0.29, 0.717) is 12.1 Å². The Morgan fingerprint density at radius 3 is 2.83 bits per heavy atom. The molecular weight excluding hydrogens is 174 g/mol. The van der Waals surface area contributed by atoms with Crippen LogP contribution in [0, 0.1) is 0 Å². The lowest BCUT2D eigenvalue weighted by Gasteiger charge is -2.32. The van der Waals surface area contributed by atoms with E-state index >= 15 is 0 Å². The van der Waals surface area contributed by atoms with Crippen LogP contribution in [0.5, 0.6) is 0 Å². The zero-order chi connectivity index (χ0) is 8.27. The number of rotatable bonds is 2. The summed E-state index contributed by atoms with van der Waals surface area (Å²) in [6, 6.07) is 0.933. The van der Waals surface area contributed by atoms with E-state index in [-0.39, 0.29) is 12.4 Å². The number of hydrogen-bond acceptors (Lipinski definition) is 3. The van der Waals surface area contributed by atoms with Crippen LogP contribution in [-0.2, 0) is 0 Å². The first-order chi connectivity index (χ1) is 5.18. The van der Waals surface area contributed by atoms with Gasteiger partial charge >= 0.3 is 0 Å². The fraction of sp³-hybridized carbons (Fsp3) is 1.00. The second-order valence-corrected chi connectivity index (χ2v) is 3.59. The van der Waals surface area contributed by atoms with Crippen molar-refractivity contribution in [2.45, 2.75) is 25.9 Å². The highest BCUT2D eigenvalue weighted by atomic mass is 35.5. The van der Waals surface area contributed by atoms with Crippen molar-refractivity contribution in [2.24, 2.45) is 5.73 Å². The van der Waals surface area contributed by atoms with Crippen LogP contribution in [0.3, 0.4) is 0 Å². The fourth-order valence-electron chi connectivity index (χ4n) is 1.59. The summed E-state index contributed by atoms with van der Waals surface area (Å²) >= 11 is 0. The van der Waals surface area contributed by atoms with E-state index in [1.807, 2.05) is 0 Å². The molecule has 1 saturated heterocycles. The Labute approximate surface area is 81.1 Å². The first-order valence-corrected chi connectivity index (χ1v) is 4.40. The van der Waals surface area contributed by atoms with Crippen molar-refractivity contribution >= 4 is 12.4 Å². The Kier molecular flexibility index (Phi) is 5.84. The van der Waals surface area contributed by atoms with Gasteiger partial charge in [-0.2, -0.15) is 0 Å². The van der Waals surface area contributed by atoms with Crippen LogP contribution in [0.25, 0.3) is 0 Å². The Balaban J connectivity index is 0.00000121. The van der Waals surface area contributed by atoms with Gasteiger partial charge in [0, 0.05) is 38.3 Å². The largest absolute Gasteiger partial charge is 0.327 e. The monoisotopic (exact) mass is 193 g/mol. The van der Waals surface area contributed by atoms with Gasteiger partial charge in [-0.05, 0) is 13.8 Å². The molecule has 1 heterocycles. The summed E-state index contributed by atoms with van der Waals surface area (Å²) in [6.07, 6.45) is 0. The lowest BCUT2D eigenvalue weighted by molar-refractivity contribution is 0.199. The van der Waals surface area contributed by atoms with Crippen LogP contribution in [0.2, 0.25) is 0 Å². The van der Waals surface area contributed by atoms with Gasteiger partial charge in [-0.25, -0.2) is 0 Å². The van der Waals surface area contributed by atoms with Gasteiger partial charge in [-0.1, -0.05) is 0 Å². The summed E-state index contributed by atoms with van der Waals surface area (Å²) in [5.74, 6) is 0. The van der Waals surface area contributed by atoms with Crippen molar-refractivity contribution in [1.29, 1.82) is 0 Å². The number of halogens is 1. The van der Waals surface area contributed by atoms with E-state index in [1.165, 1.54) is 0 Å². The highest BCUT2D eigenvalue weighted by Crippen LogP contribution is 1.98. The van der Waals surface area contributed by atoms with Crippen molar-refractivity contribution in [3.63, 3.8) is 0 Å². The molecule has 74 valence electrons. The normalized spacial score (nSPS) is 27.8. The Morgan fingerprint density at radius 1 is 1.67 bits per heavy atom. The first-order valence-electron chi connectivity index (χ1n) is 4.40. The van der Waals surface area contributed by atoms with Gasteiger partial charge < -0.3 is 11.1 Å². The lowest BCUT2D eigenvalue weighted by Crippen LogP contribution is -2.51. The third kappa shape index (κ3) is 4.26. The minimum atomic E-state index is 0. The maximum Gasteiger partial charge on any atom is 0.0167 e. The van der Waals surface area contributed by atoms with Crippen LogP contribution in [0.1, 0.15) is 13.8 Å². The Morgan fingerprint density at radius 2 is 2.33 bits per heavy atom. The molecule has 2 unspecified atom stereocenters. The number of nitrogens with zero attached hydrogens (tertiary/aromatic N) is 1. The highest BCUT2D eigenvalue weighted by molar-refractivity contribution is 5.85. The van der Waals surface area contributed by atoms with E-state index in [9.17, 15) is 0 Å². The zero-order valence-electron chi connectivity index (χ0n) is 7.92. The molecule has 3 nitrogen and oxygen atoms in total. The van der Waals surface area contributed by atoms with Crippen molar-refractivity contribution < 1.29 is 0 Å². The summed E-state index contributed by atoms with van der Waals surface area (Å²) in [7, 11) is 0. The number of piperazine rings is 1. The zero-order valence-corrected chi connectivity index (χ0v) is 8.73. The molecule has 3 N–H and O–H groups in total. The van der Waals surface area contributed by atoms with Crippen molar-refractivity contribution in [2.75, 3.05) is 26.2 Å². The number of nitrogens with two attached hydrogens (primary N) is 1. The second-order valence-electron chi connectivity index (χ2n) is 3.59. The molecule has 1 aliphatic rings. The van der Waals surface area contributed by atoms with E-state index in [4.69, 9.17) is 5.73 Å². The summed E-state index contributed by atoms with van der Waals surface area (Å²) in [6.45, 7) is 8.70. The predicted octanol–water partition coefficient (Wildman–Crippen LogP) is 0.0491. The van der Waals surface area contributed by atoms with Gasteiger partial charge in [0.25, 0.3) is 0 Å². The summed E-state index contributed by atoms with van der Waals surface area (Å²) in [5, 5.41) is 3.40. The van der Waals surface area contributed by atoms with Gasteiger partial charge in [-0.3, -0.25) is 4.90 Å². The minimum absolute atomic E-state index is 0. The Bertz CT molecular complexity index is 117. The van der Waals surface area contributed by atoms with Crippen LogP contribution in [0.4, 0.5) is 0 Å². The lowest BCUT2D eigenvalue weighted by atomic mass is 10.2. The molecule has 0 aromatic heterocycles. The van der Waals surface area contributed by atoms with Crippen molar-refractivity contribution in [3.8, 4) is 0 Å². The summed E-state index contributed by atoms with van der Waals surface area (Å²) in [4.78, 5) is 2.42. The minimum Gasteiger partial charge on any atom is -0.327 e. The second kappa shape index (κ2) is 5.75. The molecule has 0 aromatic carbocycles. The molecule has 0 saturated carbocycles. The smallest absolute Gasteiger partial charge is 0.0167 e. The molecule has 2 atom stereocenters. The van der Waals surface area contributed by atoms with Crippen LogP contribution >= 0.6 is 12.4 Å². The predicted molar refractivity (Wildman–Crippen MR) is 54.8 cm³/mol. The van der Waals surface area contributed by atoms with Crippen LogP contribution < -0.4 is 11.1 Å². The topological polar surface area (TPSA) is 41.3 Å². The summed E-state index contributed by atoms with van der Waals surface area (Å²) in [5.41, 5.74) is 5.71. The van der Waals surface area contributed by atoms with E-state index in [1.54, 1.807) is 0 Å². The van der Waals surface area contributed by atoms with Crippen molar-refractivity contribution in [1.82, 2.24) is 10.2 Å². The number of hydrogen-bond donors (Lipinski definition) is 2. The highest BCUT2D eigenvalue weighted by Gasteiger charge is 2.15. The van der Waals surface area contributed by atoms with E-state index in [2.05, 4.69) is 24.1 Å². The van der Waals surface area contributed by atoms with Crippen LogP contribution in [-0.4, -0.2) is 43.2 Å². The fourth-order valence-corrected chi connectivity index (χ4v) is 1.59. The SMILES string of the molecule is CC(N)CN1CCNC(C)C1.Cl. The standard InChI is InChI=1S/C8H19N3.ClH/c1-7(9)5-11-4-3-10-8(2)6-11;/h7-8,10H,3-6,9H2,1-2H3;1H. The molecule has 0 radical (unpaired) electrons. The van der Waals surface area contributed by atoms with Crippen LogP contribution in [0.15, 0.2) is 0 Å². The quantitative estimate of drug-likeness (QED) is 0.652. The molecule has 1 rings (SSSR count). The average Bonchev–Trinajstić information content (AvgIpc) is 1.85. The molecule has 0 aliphatic carbocycles. The maximum atomic E-state index is 5.71. The molecule has 0 spiro atoms. The maximum absolute atomic E-state index is 5.71. The molecule has 12 heavy (non-hydrogen) atoms. The van der Waals surface area contributed by atoms with E-state index < -0.39 is 0 Å². The molecule has 0 aromatic rings. The van der Waals surface area contributed by atoms with Gasteiger partial charge in [0.1, 0.15) is 0 Å². The first kappa shape index (κ1) is 12.2. The van der Waals surface area contributed by atoms with Gasteiger partial charge in [-0.15, -0.1) is 12.4 Å². The van der Waals surface area contributed by atoms with Crippen molar-refractivity contribution in [3.05, 3.63) is 0 Å². The Hall–Kier alpha value is 0.170. The molecule has 0 amide bonds. The third-order valence-electron chi connectivity index (χ3n) is 2.00. The molecule has 1 aliphatic heterocycles. The van der Waals surface area contributed by atoms with Gasteiger partial charge in [0.15, 0.2) is 0 Å². The number of nitrogens with one attached hydrogen (secondary N) is 1. The molecule has 0 bridgehead atoms. The van der Waals surface area contributed by atoms with Gasteiger partial charge in [0.2, 0.25) is 0 Å². The molecule has 1 fully saturated rings. The molecular formula is C8H20ClN3. The summed E-state index contributed by atoms with van der Waals surface area (Å²) < 4.78 is 0. The molecule has 4 heteroatoms. The average molecular weight is 194 g/mol. The van der Waals surface area contributed by atoms with Gasteiger partial charge in [0.05, 0.1) is 0 Å².